The molecule has 21 nitrogen and oxygen atoms in total. The molecule has 0 radical (unpaired) electrons. The maximum Gasteiger partial charge on any atom is 0.409 e. The Balaban J connectivity index is 1.72. The molecule has 1 aromatic rings. The Morgan fingerprint density at radius 2 is 1.69 bits per heavy atom. The van der Waals surface area contributed by atoms with Gasteiger partial charge in [-0.1, -0.05) is 13.0 Å². The number of likely N-dealkylation sites (tertiary alicyclic amines) is 1. The van der Waals surface area contributed by atoms with E-state index < -0.39 is 84.5 Å². The normalized spacial score (nSPS) is 23.3. The third-order valence-electron chi connectivity index (χ3n) is 8.20. The van der Waals surface area contributed by atoms with Crippen molar-refractivity contribution in [2.75, 3.05) is 52.7 Å². The summed E-state index contributed by atoms with van der Waals surface area (Å²) in [5.74, 6) is -4.97. The van der Waals surface area contributed by atoms with Crippen LogP contribution in [0.3, 0.4) is 0 Å². The third kappa shape index (κ3) is 10.3. The summed E-state index contributed by atoms with van der Waals surface area (Å²) in [5, 5.41) is 45.1. The molecule has 6 amide bonds. The topological polar surface area (TPSA) is 297 Å². The van der Waals surface area contributed by atoms with E-state index in [1.54, 1.807) is 6.92 Å². The number of anilines is 1. The number of benzene rings is 1. The highest BCUT2D eigenvalue weighted by Gasteiger charge is 2.48. The van der Waals surface area contributed by atoms with Crippen LogP contribution >= 0.6 is 0 Å². The number of carboxylic acids is 1. The number of nitrogens with one attached hydrogen (secondary N) is 2. The summed E-state index contributed by atoms with van der Waals surface area (Å²) in [6.45, 7) is 0.878. The van der Waals surface area contributed by atoms with E-state index in [2.05, 4.69) is 15.4 Å². The van der Waals surface area contributed by atoms with Crippen molar-refractivity contribution >= 4 is 47.5 Å². The lowest BCUT2D eigenvalue weighted by atomic mass is 9.99. The standard InChI is InChI=1S/C31H44N6O15/c1-15-11-21(39)37(27(15)44)18(13-32)26(43)33-8-7-20(38)34-17-12-16(14-50-31(48)36(3)10-9-35(2)30(47)49-4)5-6-19(17)51-29-24(42)22(40)23(41)25(52-29)28(45)46/h5-6,12,15,18,22-25,29,40-42H,7-11,13-14,32H2,1-4H3,(H,33,43)(H,34,38)(H,45,46)/t15?,18-,22-,23-,24+,25-,29+/m0/s1. The molecule has 3 rings (SSSR count). The number of hydrogen-bond donors (Lipinski definition) is 7. The fourth-order valence-corrected chi connectivity index (χ4v) is 5.13. The van der Waals surface area contributed by atoms with Gasteiger partial charge in [-0.05, 0) is 17.7 Å². The number of imide groups is 1. The third-order valence-corrected chi connectivity index (χ3v) is 8.20. The van der Waals surface area contributed by atoms with Gasteiger partial charge in [0.15, 0.2) is 6.10 Å². The lowest BCUT2D eigenvalue weighted by molar-refractivity contribution is -0.271. The molecular formula is C31H44N6O15. The lowest BCUT2D eigenvalue weighted by Gasteiger charge is -2.38. The Morgan fingerprint density at radius 3 is 2.27 bits per heavy atom. The van der Waals surface area contributed by atoms with E-state index in [-0.39, 0.29) is 57.1 Å². The van der Waals surface area contributed by atoms with Crippen molar-refractivity contribution < 1.29 is 72.9 Å². The first-order valence-corrected chi connectivity index (χ1v) is 16.0. The fraction of sp³-hybridized carbons (Fsp3) is 0.581. The van der Waals surface area contributed by atoms with Gasteiger partial charge in [-0.15, -0.1) is 0 Å². The molecule has 2 saturated heterocycles. The number of nitrogens with two attached hydrogens (primary N) is 1. The van der Waals surface area contributed by atoms with Crippen LogP contribution in [0.2, 0.25) is 0 Å². The Bertz CT molecular complexity index is 1510. The first kappa shape index (κ1) is 41.3. The van der Waals surface area contributed by atoms with Crippen molar-refractivity contribution in [3.05, 3.63) is 23.8 Å². The van der Waals surface area contributed by atoms with Gasteiger partial charge >= 0.3 is 18.2 Å². The highest BCUT2D eigenvalue weighted by molar-refractivity contribution is 6.07. The van der Waals surface area contributed by atoms with E-state index in [1.165, 1.54) is 49.2 Å². The highest BCUT2D eigenvalue weighted by atomic mass is 16.7. The molecule has 0 bridgehead atoms. The Kier molecular flexibility index (Phi) is 14.6. The number of amides is 6. The smallest absolute Gasteiger partial charge is 0.409 e. The van der Waals surface area contributed by atoms with Gasteiger partial charge in [-0.3, -0.25) is 24.1 Å². The highest BCUT2D eigenvalue weighted by Crippen LogP contribution is 2.31. The molecular weight excluding hydrogens is 696 g/mol. The van der Waals surface area contributed by atoms with Gasteiger partial charge in [0.25, 0.3) is 0 Å². The molecule has 1 unspecified atom stereocenters. The Labute approximate surface area is 297 Å². The molecule has 0 spiro atoms. The van der Waals surface area contributed by atoms with Crippen molar-refractivity contribution in [2.24, 2.45) is 11.7 Å². The predicted molar refractivity (Wildman–Crippen MR) is 174 cm³/mol. The number of likely N-dealkylation sites (N-methyl/N-ethyl adjacent to an activating group) is 2. The monoisotopic (exact) mass is 740 g/mol. The molecule has 52 heavy (non-hydrogen) atoms. The summed E-state index contributed by atoms with van der Waals surface area (Å²) < 4.78 is 20.8. The number of ether oxygens (including phenoxy) is 4. The van der Waals surface area contributed by atoms with E-state index in [9.17, 15) is 54.0 Å². The van der Waals surface area contributed by atoms with Crippen molar-refractivity contribution in [3.8, 4) is 5.75 Å². The zero-order valence-corrected chi connectivity index (χ0v) is 28.9. The zero-order chi connectivity index (χ0) is 38.9. The van der Waals surface area contributed by atoms with Gasteiger partial charge in [0.1, 0.15) is 36.7 Å². The molecule has 2 fully saturated rings. The number of aliphatic hydroxyl groups is 3. The number of nitrogens with zero attached hydrogens (tertiary/aromatic N) is 3. The van der Waals surface area contributed by atoms with Gasteiger partial charge in [-0.2, -0.15) is 0 Å². The number of hydrogen-bond acceptors (Lipinski definition) is 15. The van der Waals surface area contributed by atoms with Crippen molar-refractivity contribution in [3.63, 3.8) is 0 Å². The Hall–Kier alpha value is -5.09. The Morgan fingerprint density at radius 1 is 1.04 bits per heavy atom. The summed E-state index contributed by atoms with van der Waals surface area (Å²) in [5.41, 5.74) is 5.89. The number of carboxylic acid groups (broad SMARTS) is 1. The maximum atomic E-state index is 13.0. The molecule has 1 aromatic carbocycles. The second-order valence-corrected chi connectivity index (χ2v) is 12.1. The van der Waals surface area contributed by atoms with Gasteiger partial charge < -0.3 is 65.5 Å². The molecule has 7 atom stereocenters. The number of carbonyl (C=O) groups is 7. The van der Waals surface area contributed by atoms with Crippen LogP contribution < -0.4 is 21.1 Å². The number of methoxy groups -OCH3 is 1. The fourth-order valence-electron chi connectivity index (χ4n) is 5.13. The first-order valence-electron chi connectivity index (χ1n) is 16.0. The van der Waals surface area contributed by atoms with Crippen LogP contribution in [0.1, 0.15) is 25.3 Å². The van der Waals surface area contributed by atoms with E-state index in [0.29, 0.717) is 5.56 Å². The molecule has 21 heteroatoms. The van der Waals surface area contributed by atoms with Crippen LogP contribution in [-0.4, -0.2) is 161 Å². The summed E-state index contributed by atoms with van der Waals surface area (Å²) in [4.78, 5) is 89.5. The average Bonchev–Trinajstić information content (AvgIpc) is 3.36. The SMILES string of the molecule is COC(=O)N(C)CCN(C)C(=O)OCc1ccc(O[C@@H]2O[C@H](C(=O)O)[C@@H](O)[C@H](O)[C@H]2O)c(NC(=O)CCNC(=O)[C@H](CN)N2C(=O)CC(C)C2=O)c1. The second-order valence-electron chi connectivity index (χ2n) is 12.1. The van der Waals surface area contributed by atoms with Crippen molar-refractivity contribution in [1.29, 1.82) is 0 Å². The van der Waals surface area contributed by atoms with Gasteiger partial charge in [-0.25, -0.2) is 14.4 Å². The summed E-state index contributed by atoms with van der Waals surface area (Å²) in [6.07, 6.45) is -11.4. The summed E-state index contributed by atoms with van der Waals surface area (Å²) >= 11 is 0. The van der Waals surface area contributed by atoms with Crippen LogP contribution in [0.25, 0.3) is 0 Å². The quantitative estimate of drug-likeness (QED) is 0.0907. The minimum absolute atomic E-state index is 0.0571. The number of carbonyl (C=O) groups excluding carboxylic acids is 6. The predicted octanol–water partition coefficient (Wildman–Crippen LogP) is -2.61. The number of rotatable bonds is 15. The molecule has 288 valence electrons. The molecule has 2 heterocycles. The van der Waals surface area contributed by atoms with Crippen molar-refractivity contribution in [1.82, 2.24) is 20.0 Å². The van der Waals surface area contributed by atoms with Crippen LogP contribution in [0.15, 0.2) is 18.2 Å². The van der Waals surface area contributed by atoms with Crippen molar-refractivity contribution in [2.45, 2.75) is 63.1 Å². The van der Waals surface area contributed by atoms with Crippen LogP contribution in [0.5, 0.6) is 5.75 Å². The summed E-state index contributed by atoms with van der Waals surface area (Å²) in [7, 11) is 4.14. The first-order chi connectivity index (χ1) is 24.5. The number of aliphatic carboxylic acids is 1. The molecule has 0 aliphatic carbocycles. The van der Waals surface area contributed by atoms with E-state index >= 15 is 0 Å². The molecule has 2 aliphatic heterocycles. The molecule has 0 aromatic heterocycles. The molecule has 8 N–H and O–H groups in total. The van der Waals surface area contributed by atoms with Gasteiger partial charge in [0, 0.05) is 59.0 Å². The van der Waals surface area contributed by atoms with Crippen LogP contribution in [0.4, 0.5) is 15.3 Å². The largest absolute Gasteiger partial charge is 0.479 e. The summed E-state index contributed by atoms with van der Waals surface area (Å²) in [6, 6.07) is 2.74. The second kappa shape index (κ2) is 18.4. The zero-order valence-electron chi connectivity index (χ0n) is 28.9. The average molecular weight is 741 g/mol. The minimum Gasteiger partial charge on any atom is -0.479 e. The molecule has 2 aliphatic rings. The van der Waals surface area contributed by atoms with Gasteiger partial charge in [0.2, 0.25) is 29.9 Å². The minimum atomic E-state index is -1.98. The van der Waals surface area contributed by atoms with E-state index in [4.69, 9.17) is 19.9 Å². The lowest BCUT2D eigenvalue weighted by Crippen LogP contribution is -2.61. The van der Waals surface area contributed by atoms with E-state index in [0.717, 1.165) is 4.90 Å². The van der Waals surface area contributed by atoms with Gasteiger partial charge in [0.05, 0.1) is 12.8 Å². The molecule has 0 saturated carbocycles. The maximum absolute atomic E-state index is 13.0. The van der Waals surface area contributed by atoms with E-state index in [1.807, 2.05) is 0 Å². The van der Waals surface area contributed by atoms with Crippen LogP contribution in [-0.2, 0) is 44.8 Å². The number of aliphatic hydroxyl groups excluding tert-OH is 3. The van der Waals surface area contributed by atoms with Crippen LogP contribution in [0, 0.1) is 5.92 Å².